The summed E-state index contributed by atoms with van der Waals surface area (Å²) in [7, 11) is 0. The Morgan fingerprint density at radius 3 is 2.95 bits per heavy atom. The highest BCUT2D eigenvalue weighted by atomic mass is 35.5. The summed E-state index contributed by atoms with van der Waals surface area (Å²) >= 11 is 5.99. The van der Waals surface area contributed by atoms with Crippen LogP contribution in [0.2, 0.25) is 5.02 Å². The number of benzene rings is 1. The molecule has 2 rings (SSSR count). The molecule has 0 saturated carbocycles. The van der Waals surface area contributed by atoms with Crippen molar-refractivity contribution in [3.63, 3.8) is 0 Å². The molecule has 1 unspecified atom stereocenters. The van der Waals surface area contributed by atoms with Gasteiger partial charge in [-0.25, -0.2) is 4.98 Å². The zero-order valence-corrected chi connectivity index (χ0v) is 11.8. The monoisotopic (exact) mass is 278 g/mol. The van der Waals surface area contributed by atoms with E-state index in [4.69, 9.17) is 17.4 Å². The molecule has 0 aliphatic heterocycles. The van der Waals surface area contributed by atoms with E-state index in [0.717, 1.165) is 30.2 Å². The molecule has 3 N–H and O–H groups in total. The second kappa shape index (κ2) is 6.70. The SMILES string of the molecule is CCn1ccnc1CC(Cc1cccc(Cl)c1)NN. The lowest BCUT2D eigenvalue weighted by molar-refractivity contribution is 0.499. The average Bonchev–Trinajstić information content (AvgIpc) is 2.85. The molecule has 19 heavy (non-hydrogen) atoms. The van der Waals surface area contributed by atoms with Crippen molar-refractivity contribution in [3.05, 3.63) is 53.1 Å². The summed E-state index contributed by atoms with van der Waals surface area (Å²) in [5.74, 6) is 6.70. The number of nitrogens with zero attached hydrogens (tertiary/aromatic N) is 2. The van der Waals surface area contributed by atoms with Gasteiger partial charge >= 0.3 is 0 Å². The van der Waals surface area contributed by atoms with E-state index in [1.165, 1.54) is 5.56 Å². The molecule has 1 aromatic heterocycles. The lowest BCUT2D eigenvalue weighted by Crippen LogP contribution is -2.39. The van der Waals surface area contributed by atoms with Gasteiger partial charge in [0.2, 0.25) is 0 Å². The summed E-state index contributed by atoms with van der Waals surface area (Å²) in [6.45, 7) is 3.02. The van der Waals surface area contributed by atoms with Crippen LogP contribution in [0.1, 0.15) is 18.3 Å². The van der Waals surface area contributed by atoms with Crippen LogP contribution in [0.5, 0.6) is 0 Å². The molecule has 1 aromatic carbocycles. The number of aromatic nitrogens is 2. The number of nitrogens with one attached hydrogen (secondary N) is 1. The molecule has 4 nitrogen and oxygen atoms in total. The Kier molecular flexibility index (Phi) is 4.96. The van der Waals surface area contributed by atoms with Gasteiger partial charge in [-0.1, -0.05) is 23.7 Å². The summed E-state index contributed by atoms with van der Waals surface area (Å²) in [6.07, 6.45) is 5.44. The van der Waals surface area contributed by atoms with Gasteiger partial charge in [-0.3, -0.25) is 11.3 Å². The van der Waals surface area contributed by atoms with Crippen LogP contribution in [0.25, 0.3) is 0 Å². The van der Waals surface area contributed by atoms with Crippen molar-refractivity contribution in [2.75, 3.05) is 0 Å². The molecule has 0 bridgehead atoms. The van der Waals surface area contributed by atoms with Gasteiger partial charge in [0, 0.05) is 36.4 Å². The lowest BCUT2D eigenvalue weighted by atomic mass is 10.0. The van der Waals surface area contributed by atoms with Gasteiger partial charge in [0.25, 0.3) is 0 Å². The molecule has 0 aliphatic rings. The first kappa shape index (κ1) is 14.1. The van der Waals surface area contributed by atoms with Crippen molar-refractivity contribution in [1.29, 1.82) is 0 Å². The van der Waals surface area contributed by atoms with Gasteiger partial charge in [-0.05, 0) is 31.0 Å². The Morgan fingerprint density at radius 1 is 1.42 bits per heavy atom. The molecule has 0 amide bonds. The van der Waals surface area contributed by atoms with Crippen LogP contribution < -0.4 is 11.3 Å². The zero-order valence-electron chi connectivity index (χ0n) is 11.0. The fourth-order valence-corrected chi connectivity index (χ4v) is 2.39. The van der Waals surface area contributed by atoms with E-state index in [0.29, 0.717) is 0 Å². The van der Waals surface area contributed by atoms with E-state index in [1.807, 2.05) is 30.6 Å². The topological polar surface area (TPSA) is 55.9 Å². The second-order valence-electron chi connectivity index (χ2n) is 4.53. The molecule has 1 atom stereocenters. The van der Waals surface area contributed by atoms with Crippen molar-refractivity contribution >= 4 is 11.6 Å². The highest BCUT2D eigenvalue weighted by molar-refractivity contribution is 6.30. The van der Waals surface area contributed by atoms with Crippen LogP contribution in [-0.4, -0.2) is 15.6 Å². The number of halogens is 1. The Bertz CT molecular complexity index is 524. The summed E-state index contributed by atoms with van der Waals surface area (Å²) in [5.41, 5.74) is 4.03. The number of hydrazine groups is 1. The first-order valence-electron chi connectivity index (χ1n) is 6.43. The standard InChI is InChI=1S/C14H19ClN4/c1-2-19-7-6-17-14(19)10-13(18-16)9-11-4-3-5-12(15)8-11/h3-8,13,18H,2,9-10,16H2,1H3. The van der Waals surface area contributed by atoms with E-state index in [2.05, 4.69) is 28.0 Å². The number of nitrogens with two attached hydrogens (primary N) is 1. The van der Waals surface area contributed by atoms with Gasteiger partial charge in [0.1, 0.15) is 5.82 Å². The second-order valence-corrected chi connectivity index (χ2v) is 4.97. The molecule has 0 fully saturated rings. The quantitative estimate of drug-likeness (QED) is 0.629. The van der Waals surface area contributed by atoms with Crippen LogP contribution in [0.4, 0.5) is 0 Å². The minimum atomic E-state index is 0.145. The predicted molar refractivity (Wildman–Crippen MR) is 77.9 cm³/mol. The molecule has 0 aliphatic carbocycles. The van der Waals surface area contributed by atoms with Gasteiger partial charge in [0.15, 0.2) is 0 Å². The highest BCUT2D eigenvalue weighted by Crippen LogP contribution is 2.13. The maximum absolute atomic E-state index is 5.99. The van der Waals surface area contributed by atoms with E-state index in [-0.39, 0.29) is 6.04 Å². The molecular formula is C14H19ClN4. The summed E-state index contributed by atoms with van der Waals surface area (Å²) in [5, 5.41) is 0.753. The van der Waals surface area contributed by atoms with Crippen molar-refractivity contribution < 1.29 is 0 Å². The molecule has 5 heteroatoms. The maximum Gasteiger partial charge on any atom is 0.110 e. The van der Waals surface area contributed by atoms with Crippen LogP contribution >= 0.6 is 11.6 Å². The minimum Gasteiger partial charge on any atom is -0.335 e. The molecule has 102 valence electrons. The lowest BCUT2D eigenvalue weighted by Gasteiger charge is -2.16. The predicted octanol–water partition coefficient (Wildman–Crippen LogP) is 2.17. The van der Waals surface area contributed by atoms with Crippen molar-refractivity contribution in [1.82, 2.24) is 15.0 Å². The van der Waals surface area contributed by atoms with Crippen molar-refractivity contribution in [2.45, 2.75) is 32.4 Å². The third kappa shape index (κ3) is 3.80. The van der Waals surface area contributed by atoms with Crippen molar-refractivity contribution in [2.24, 2.45) is 5.84 Å². The van der Waals surface area contributed by atoms with E-state index >= 15 is 0 Å². The highest BCUT2D eigenvalue weighted by Gasteiger charge is 2.12. The molecule has 1 heterocycles. The number of rotatable bonds is 6. The van der Waals surface area contributed by atoms with Crippen molar-refractivity contribution in [3.8, 4) is 0 Å². The number of imidazole rings is 1. The fourth-order valence-electron chi connectivity index (χ4n) is 2.18. The number of hydrogen-bond donors (Lipinski definition) is 2. The largest absolute Gasteiger partial charge is 0.335 e. The van der Waals surface area contributed by atoms with Crippen LogP contribution in [-0.2, 0) is 19.4 Å². The van der Waals surface area contributed by atoms with E-state index in [9.17, 15) is 0 Å². The Balaban J connectivity index is 2.04. The molecule has 0 spiro atoms. The molecule has 0 saturated heterocycles. The summed E-state index contributed by atoms with van der Waals surface area (Å²) < 4.78 is 2.13. The van der Waals surface area contributed by atoms with E-state index in [1.54, 1.807) is 0 Å². The maximum atomic E-state index is 5.99. The van der Waals surface area contributed by atoms with Gasteiger partial charge in [-0.2, -0.15) is 0 Å². The molecule has 2 aromatic rings. The van der Waals surface area contributed by atoms with Crippen LogP contribution in [0.3, 0.4) is 0 Å². The smallest absolute Gasteiger partial charge is 0.110 e. The third-order valence-electron chi connectivity index (χ3n) is 3.18. The van der Waals surface area contributed by atoms with Gasteiger partial charge < -0.3 is 4.57 Å². The molecule has 0 radical (unpaired) electrons. The normalized spacial score (nSPS) is 12.6. The Morgan fingerprint density at radius 2 is 2.26 bits per heavy atom. The first-order chi connectivity index (χ1) is 9.22. The first-order valence-corrected chi connectivity index (χ1v) is 6.81. The summed E-state index contributed by atoms with van der Waals surface area (Å²) in [6, 6.07) is 8.00. The number of aryl methyl sites for hydroxylation is 1. The Labute approximate surface area is 118 Å². The fraction of sp³-hybridized carbons (Fsp3) is 0.357. The number of hydrogen-bond acceptors (Lipinski definition) is 3. The average molecular weight is 279 g/mol. The van der Waals surface area contributed by atoms with E-state index < -0.39 is 0 Å². The minimum absolute atomic E-state index is 0.145. The Hall–Kier alpha value is -1.36. The van der Waals surface area contributed by atoms with Gasteiger partial charge in [-0.15, -0.1) is 0 Å². The van der Waals surface area contributed by atoms with Crippen LogP contribution in [0, 0.1) is 0 Å². The third-order valence-corrected chi connectivity index (χ3v) is 3.41. The zero-order chi connectivity index (χ0) is 13.7. The summed E-state index contributed by atoms with van der Waals surface area (Å²) in [4.78, 5) is 4.38. The van der Waals surface area contributed by atoms with Crippen LogP contribution in [0.15, 0.2) is 36.7 Å². The molecular weight excluding hydrogens is 260 g/mol. The van der Waals surface area contributed by atoms with Gasteiger partial charge in [0.05, 0.1) is 0 Å².